The molecule has 2 N–H and O–H groups in total. The topological polar surface area (TPSA) is 67.4 Å². The van der Waals surface area contributed by atoms with E-state index in [1.807, 2.05) is 0 Å². The zero-order valence-electron chi connectivity index (χ0n) is 14.5. The minimum absolute atomic E-state index is 0.0847. The molecule has 0 saturated heterocycles. The summed E-state index contributed by atoms with van der Waals surface area (Å²) in [5, 5.41) is 4.88. The second-order valence-electron chi connectivity index (χ2n) is 5.91. The van der Waals surface area contributed by atoms with Crippen molar-refractivity contribution in [1.82, 2.24) is 10.6 Å². The second kappa shape index (κ2) is 8.53. The average Bonchev–Trinajstić information content (AvgIpc) is 2.65. The average molecular weight is 362 g/mol. The molecule has 2 aromatic rings. The van der Waals surface area contributed by atoms with Gasteiger partial charge in [-0.3, -0.25) is 9.59 Å². The van der Waals surface area contributed by atoms with Gasteiger partial charge in [0.1, 0.15) is 17.2 Å². The first-order chi connectivity index (χ1) is 12.4. The smallest absolute Gasteiger partial charge is 0.309 e. The van der Waals surface area contributed by atoms with Gasteiger partial charge in [-0.2, -0.15) is 0 Å². The molecule has 2 aromatic carbocycles. The van der Waals surface area contributed by atoms with Crippen LogP contribution < -0.4 is 10.6 Å². The van der Waals surface area contributed by atoms with Gasteiger partial charge in [0.05, 0.1) is 6.54 Å². The number of amides is 2. The molecule has 138 valence electrons. The van der Waals surface area contributed by atoms with Crippen molar-refractivity contribution < 1.29 is 23.1 Å². The predicted octanol–water partition coefficient (Wildman–Crippen LogP) is 2.26. The number of carbonyl (C=O) groups excluding carboxylic acids is 2. The van der Waals surface area contributed by atoms with Crippen molar-refractivity contribution in [1.29, 1.82) is 0 Å². The summed E-state index contributed by atoms with van der Waals surface area (Å²) in [5.41, 5.74) is -0.201. The molecule has 2 amide bonds. The van der Waals surface area contributed by atoms with Crippen LogP contribution >= 0.6 is 0 Å². The van der Waals surface area contributed by atoms with Gasteiger partial charge in [-0.25, -0.2) is 8.78 Å². The zero-order valence-corrected chi connectivity index (χ0v) is 14.5. The van der Waals surface area contributed by atoms with Gasteiger partial charge in [0, 0.05) is 19.2 Å². The molecule has 7 heteroatoms. The van der Waals surface area contributed by atoms with Crippen LogP contribution in [0.3, 0.4) is 0 Å². The van der Waals surface area contributed by atoms with E-state index >= 15 is 0 Å². The van der Waals surface area contributed by atoms with E-state index in [9.17, 15) is 18.4 Å². The van der Waals surface area contributed by atoms with Crippen LogP contribution in [0.25, 0.3) is 0 Å². The number of rotatable bonds is 6. The summed E-state index contributed by atoms with van der Waals surface area (Å²) in [5.74, 6) is -2.57. The van der Waals surface area contributed by atoms with Crippen LogP contribution in [-0.2, 0) is 26.5 Å². The van der Waals surface area contributed by atoms with Crippen LogP contribution in [-0.4, -0.2) is 25.5 Å². The van der Waals surface area contributed by atoms with Crippen molar-refractivity contribution in [3.05, 3.63) is 71.3 Å². The minimum atomic E-state index is -1.13. The largest absolute Gasteiger partial charge is 0.372 e. The number of hydrogen-bond donors (Lipinski definition) is 2. The highest BCUT2D eigenvalue weighted by Crippen LogP contribution is 2.26. The Morgan fingerprint density at radius 3 is 2.23 bits per heavy atom. The second-order valence-corrected chi connectivity index (χ2v) is 5.91. The zero-order chi connectivity index (χ0) is 19.2. The lowest BCUT2D eigenvalue weighted by Crippen LogP contribution is -2.46. The highest BCUT2D eigenvalue weighted by molar-refractivity contribution is 6.35. The normalized spacial score (nSPS) is 12.9. The molecule has 0 bridgehead atoms. The van der Waals surface area contributed by atoms with Crippen molar-refractivity contribution in [2.45, 2.75) is 19.1 Å². The van der Waals surface area contributed by atoms with E-state index in [2.05, 4.69) is 10.6 Å². The molecule has 26 heavy (non-hydrogen) atoms. The Kier molecular flexibility index (Phi) is 6.41. The molecular weight excluding hydrogens is 342 g/mol. The maximum absolute atomic E-state index is 14.0. The highest BCUT2D eigenvalue weighted by Gasteiger charge is 2.30. The summed E-state index contributed by atoms with van der Waals surface area (Å²) in [4.78, 5) is 23.8. The monoisotopic (exact) mass is 362 g/mol. The number of methoxy groups -OCH3 is 1. The van der Waals surface area contributed by atoms with Gasteiger partial charge in [0.25, 0.3) is 0 Å². The molecule has 0 spiro atoms. The Hall–Kier alpha value is -2.80. The van der Waals surface area contributed by atoms with Crippen molar-refractivity contribution in [3.63, 3.8) is 0 Å². The SMILES string of the molecule is COC(C)(CNC(=O)C(=O)NCc1ccc(F)cc1)c1ccccc1F. The van der Waals surface area contributed by atoms with E-state index < -0.39 is 23.2 Å². The number of nitrogens with one attached hydrogen (secondary N) is 2. The molecule has 0 aliphatic heterocycles. The van der Waals surface area contributed by atoms with E-state index in [1.165, 1.54) is 37.4 Å². The van der Waals surface area contributed by atoms with Crippen molar-refractivity contribution in [3.8, 4) is 0 Å². The first kappa shape index (κ1) is 19.5. The molecule has 0 aromatic heterocycles. The molecule has 0 aliphatic carbocycles. The predicted molar refractivity (Wildman–Crippen MR) is 92.0 cm³/mol. The Bertz CT molecular complexity index is 781. The number of carbonyl (C=O) groups is 2. The lowest BCUT2D eigenvalue weighted by Gasteiger charge is -2.29. The Balaban J connectivity index is 1.92. The van der Waals surface area contributed by atoms with Crippen molar-refractivity contribution in [2.75, 3.05) is 13.7 Å². The molecule has 0 fully saturated rings. The van der Waals surface area contributed by atoms with Gasteiger partial charge < -0.3 is 15.4 Å². The number of benzene rings is 2. The summed E-state index contributed by atoms with van der Waals surface area (Å²) in [6.45, 7) is 1.61. The minimum Gasteiger partial charge on any atom is -0.372 e. The van der Waals surface area contributed by atoms with Crippen molar-refractivity contribution in [2.24, 2.45) is 0 Å². The van der Waals surface area contributed by atoms with Crippen LogP contribution in [0.4, 0.5) is 8.78 Å². The summed E-state index contributed by atoms with van der Waals surface area (Å²) in [7, 11) is 1.40. The molecular formula is C19H20F2N2O3. The molecule has 0 heterocycles. The standard InChI is InChI=1S/C19H20F2N2O3/c1-19(26-2,15-5-3-4-6-16(15)21)12-23-18(25)17(24)22-11-13-7-9-14(20)10-8-13/h3-10H,11-12H2,1-2H3,(H,22,24)(H,23,25). The number of halogens is 2. The van der Waals surface area contributed by atoms with Crippen LogP contribution in [0.15, 0.2) is 48.5 Å². The van der Waals surface area contributed by atoms with Gasteiger partial charge in [0.2, 0.25) is 0 Å². The quantitative estimate of drug-likeness (QED) is 0.775. The lowest BCUT2D eigenvalue weighted by atomic mass is 9.95. The summed E-state index contributed by atoms with van der Waals surface area (Å²) < 4.78 is 32.2. The molecule has 0 radical (unpaired) electrons. The molecule has 1 atom stereocenters. The van der Waals surface area contributed by atoms with E-state index in [-0.39, 0.29) is 24.5 Å². The Morgan fingerprint density at radius 2 is 1.62 bits per heavy atom. The molecule has 1 unspecified atom stereocenters. The highest BCUT2D eigenvalue weighted by atomic mass is 19.1. The fourth-order valence-corrected chi connectivity index (χ4v) is 2.36. The Labute approximate surface area is 150 Å². The third kappa shape index (κ3) is 4.86. The molecule has 2 rings (SSSR count). The molecule has 0 saturated carbocycles. The van der Waals surface area contributed by atoms with Gasteiger partial charge in [-0.05, 0) is 30.7 Å². The third-order valence-electron chi connectivity index (χ3n) is 4.05. The van der Waals surface area contributed by atoms with E-state index in [1.54, 1.807) is 25.1 Å². The molecule has 0 aliphatic rings. The van der Waals surface area contributed by atoms with Crippen LogP contribution in [0, 0.1) is 11.6 Å². The van der Waals surface area contributed by atoms with Crippen molar-refractivity contribution >= 4 is 11.8 Å². The fourth-order valence-electron chi connectivity index (χ4n) is 2.36. The van der Waals surface area contributed by atoms with Crippen LogP contribution in [0.2, 0.25) is 0 Å². The maximum Gasteiger partial charge on any atom is 0.309 e. The third-order valence-corrected chi connectivity index (χ3v) is 4.05. The van der Waals surface area contributed by atoms with E-state index in [4.69, 9.17) is 4.74 Å². The van der Waals surface area contributed by atoms with E-state index in [0.29, 0.717) is 5.56 Å². The van der Waals surface area contributed by atoms with Gasteiger partial charge in [-0.15, -0.1) is 0 Å². The fraction of sp³-hybridized carbons (Fsp3) is 0.263. The van der Waals surface area contributed by atoms with Crippen LogP contribution in [0.5, 0.6) is 0 Å². The lowest BCUT2D eigenvalue weighted by molar-refractivity contribution is -0.140. The number of hydrogen-bond acceptors (Lipinski definition) is 3. The molecule has 5 nitrogen and oxygen atoms in total. The summed E-state index contributed by atoms with van der Waals surface area (Å²) in [6, 6.07) is 11.6. The van der Waals surface area contributed by atoms with E-state index in [0.717, 1.165) is 0 Å². The van der Waals surface area contributed by atoms with Gasteiger partial charge in [0.15, 0.2) is 0 Å². The van der Waals surface area contributed by atoms with Gasteiger partial charge >= 0.3 is 11.8 Å². The number of ether oxygens (including phenoxy) is 1. The van der Waals surface area contributed by atoms with Crippen LogP contribution in [0.1, 0.15) is 18.1 Å². The Morgan fingerprint density at radius 1 is 1.00 bits per heavy atom. The first-order valence-corrected chi connectivity index (χ1v) is 7.96. The first-order valence-electron chi connectivity index (χ1n) is 7.96. The summed E-state index contributed by atoms with van der Waals surface area (Å²) in [6.07, 6.45) is 0. The summed E-state index contributed by atoms with van der Waals surface area (Å²) >= 11 is 0. The maximum atomic E-state index is 14.0. The van der Waals surface area contributed by atoms with Gasteiger partial charge in [-0.1, -0.05) is 30.3 Å².